The van der Waals surface area contributed by atoms with Crippen molar-refractivity contribution in [2.75, 3.05) is 4.90 Å². The zero-order chi connectivity index (χ0) is 16.1. The largest absolute Gasteiger partial charge is 0.358 e. The SMILES string of the molecule is Cc1[nH]c2ccc(C(=O)N3c4ccccc4C[C@H]3C)cc2c1C. The quantitative estimate of drug-likeness (QED) is 0.711. The van der Waals surface area contributed by atoms with Gasteiger partial charge >= 0.3 is 0 Å². The van der Waals surface area contributed by atoms with E-state index in [2.05, 4.69) is 31.8 Å². The maximum Gasteiger partial charge on any atom is 0.258 e. The van der Waals surface area contributed by atoms with Gasteiger partial charge in [-0.1, -0.05) is 18.2 Å². The second-order valence-electron chi connectivity index (χ2n) is 6.49. The first kappa shape index (κ1) is 14.1. The van der Waals surface area contributed by atoms with Crippen molar-refractivity contribution in [2.24, 2.45) is 0 Å². The van der Waals surface area contributed by atoms with Crippen LogP contribution in [0.4, 0.5) is 5.69 Å². The van der Waals surface area contributed by atoms with Crippen LogP contribution in [0.5, 0.6) is 0 Å². The summed E-state index contributed by atoms with van der Waals surface area (Å²) in [5, 5.41) is 1.13. The van der Waals surface area contributed by atoms with Gasteiger partial charge in [-0.25, -0.2) is 0 Å². The second kappa shape index (κ2) is 4.98. The molecule has 0 saturated heterocycles. The van der Waals surface area contributed by atoms with Gasteiger partial charge in [0.05, 0.1) is 0 Å². The highest BCUT2D eigenvalue weighted by Gasteiger charge is 2.31. The van der Waals surface area contributed by atoms with Gasteiger partial charge in [-0.15, -0.1) is 0 Å². The molecule has 1 amide bonds. The van der Waals surface area contributed by atoms with Crippen LogP contribution in [0, 0.1) is 13.8 Å². The van der Waals surface area contributed by atoms with Crippen molar-refractivity contribution in [3.63, 3.8) is 0 Å². The van der Waals surface area contributed by atoms with Crippen LogP contribution in [0.1, 0.15) is 34.1 Å². The summed E-state index contributed by atoms with van der Waals surface area (Å²) in [6, 6.07) is 14.3. The van der Waals surface area contributed by atoms with E-state index in [1.54, 1.807) is 0 Å². The number of carbonyl (C=O) groups is 1. The lowest BCUT2D eigenvalue weighted by molar-refractivity contribution is 0.0981. The third kappa shape index (κ3) is 2.07. The summed E-state index contributed by atoms with van der Waals surface area (Å²) in [6.07, 6.45) is 0.923. The van der Waals surface area contributed by atoms with E-state index in [4.69, 9.17) is 0 Å². The molecule has 2 aromatic carbocycles. The van der Waals surface area contributed by atoms with E-state index in [1.807, 2.05) is 41.3 Å². The number of H-pyrrole nitrogens is 1. The summed E-state index contributed by atoms with van der Waals surface area (Å²) in [5.41, 5.74) is 6.51. The highest BCUT2D eigenvalue weighted by Crippen LogP contribution is 2.33. The maximum atomic E-state index is 13.1. The predicted molar refractivity (Wildman–Crippen MR) is 94.2 cm³/mol. The fourth-order valence-electron chi connectivity index (χ4n) is 3.61. The Bertz CT molecular complexity index is 923. The number of hydrogen-bond acceptors (Lipinski definition) is 1. The van der Waals surface area contributed by atoms with Crippen LogP contribution in [-0.4, -0.2) is 16.9 Å². The van der Waals surface area contributed by atoms with Crippen molar-refractivity contribution >= 4 is 22.5 Å². The number of nitrogens with one attached hydrogen (secondary N) is 1. The minimum absolute atomic E-state index is 0.0857. The Kier molecular flexibility index (Phi) is 3.05. The monoisotopic (exact) mass is 304 g/mol. The van der Waals surface area contributed by atoms with Crippen LogP contribution >= 0.6 is 0 Å². The van der Waals surface area contributed by atoms with Gasteiger partial charge in [0.15, 0.2) is 0 Å². The summed E-state index contributed by atoms with van der Waals surface area (Å²) in [4.78, 5) is 18.4. The molecule has 3 nitrogen and oxygen atoms in total. The normalized spacial score (nSPS) is 16.8. The first-order valence-electron chi connectivity index (χ1n) is 8.06. The molecule has 3 aromatic rings. The Labute approximate surface area is 135 Å². The van der Waals surface area contributed by atoms with E-state index < -0.39 is 0 Å². The Balaban J connectivity index is 1.79. The maximum absolute atomic E-state index is 13.1. The molecule has 0 unspecified atom stereocenters. The van der Waals surface area contributed by atoms with Crippen molar-refractivity contribution in [3.05, 3.63) is 64.8 Å². The second-order valence-corrected chi connectivity index (χ2v) is 6.49. The van der Waals surface area contributed by atoms with Gasteiger partial charge in [0.2, 0.25) is 0 Å². The molecule has 1 atom stereocenters. The Hall–Kier alpha value is -2.55. The van der Waals surface area contributed by atoms with Crippen molar-refractivity contribution in [3.8, 4) is 0 Å². The first-order chi connectivity index (χ1) is 11.1. The number of rotatable bonds is 1. The lowest BCUT2D eigenvalue weighted by Gasteiger charge is -2.23. The minimum atomic E-state index is 0.0857. The van der Waals surface area contributed by atoms with Crippen LogP contribution < -0.4 is 4.90 Å². The summed E-state index contributed by atoms with van der Waals surface area (Å²) >= 11 is 0. The molecule has 0 aliphatic carbocycles. The lowest BCUT2D eigenvalue weighted by Crippen LogP contribution is -2.35. The van der Waals surface area contributed by atoms with Crippen LogP contribution in [0.2, 0.25) is 0 Å². The molecule has 4 rings (SSSR count). The number of aromatic amines is 1. The van der Waals surface area contributed by atoms with Gasteiger partial charge in [-0.3, -0.25) is 4.79 Å². The zero-order valence-corrected chi connectivity index (χ0v) is 13.7. The Morgan fingerprint density at radius 1 is 1.17 bits per heavy atom. The third-order valence-corrected chi connectivity index (χ3v) is 4.98. The van der Waals surface area contributed by atoms with Crippen LogP contribution in [-0.2, 0) is 6.42 Å². The summed E-state index contributed by atoms with van der Waals surface area (Å²) < 4.78 is 0. The van der Waals surface area contributed by atoms with Crippen LogP contribution in [0.25, 0.3) is 10.9 Å². The molecule has 116 valence electrons. The smallest absolute Gasteiger partial charge is 0.258 e. The zero-order valence-electron chi connectivity index (χ0n) is 13.7. The number of para-hydroxylation sites is 1. The lowest BCUT2D eigenvalue weighted by atomic mass is 10.1. The molecule has 2 heterocycles. The van der Waals surface area contributed by atoms with Gasteiger partial charge in [-0.05, 0) is 62.6 Å². The van der Waals surface area contributed by atoms with Gasteiger partial charge in [0.25, 0.3) is 5.91 Å². The number of amides is 1. The molecule has 0 fully saturated rings. The number of anilines is 1. The van der Waals surface area contributed by atoms with Gasteiger partial charge in [0.1, 0.15) is 0 Å². The topological polar surface area (TPSA) is 36.1 Å². The van der Waals surface area contributed by atoms with E-state index in [-0.39, 0.29) is 11.9 Å². The molecular formula is C20H20N2O. The summed E-state index contributed by atoms with van der Waals surface area (Å²) in [7, 11) is 0. The van der Waals surface area contributed by atoms with Crippen molar-refractivity contribution < 1.29 is 4.79 Å². The van der Waals surface area contributed by atoms with Gasteiger partial charge < -0.3 is 9.88 Å². The van der Waals surface area contributed by atoms with Gasteiger partial charge in [-0.2, -0.15) is 0 Å². The fourth-order valence-corrected chi connectivity index (χ4v) is 3.61. The Morgan fingerprint density at radius 3 is 2.78 bits per heavy atom. The molecule has 1 aromatic heterocycles. The standard InChI is InChI=1S/C20H20N2O/c1-12-10-15-6-4-5-7-19(15)22(12)20(23)16-8-9-18-17(11-16)13(2)14(3)21-18/h4-9,11-12,21H,10H2,1-3H3/t12-/m1/s1. The summed E-state index contributed by atoms with van der Waals surface area (Å²) in [5.74, 6) is 0.0857. The Morgan fingerprint density at radius 2 is 1.96 bits per heavy atom. The molecule has 1 N–H and O–H groups in total. The number of aryl methyl sites for hydroxylation is 2. The first-order valence-corrected chi connectivity index (χ1v) is 8.06. The van der Waals surface area contributed by atoms with E-state index >= 15 is 0 Å². The van der Waals surface area contributed by atoms with Crippen molar-refractivity contribution in [1.29, 1.82) is 0 Å². The molecule has 0 saturated carbocycles. The van der Waals surface area contributed by atoms with Crippen LogP contribution in [0.15, 0.2) is 42.5 Å². The van der Waals surface area contributed by atoms with Crippen molar-refractivity contribution in [2.45, 2.75) is 33.2 Å². The van der Waals surface area contributed by atoms with E-state index in [9.17, 15) is 4.79 Å². The molecule has 0 radical (unpaired) electrons. The molecule has 23 heavy (non-hydrogen) atoms. The van der Waals surface area contributed by atoms with E-state index in [1.165, 1.54) is 11.1 Å². The fraction of sp³-hybridized carbons (Fsp3) is 0.250. The molecule has 0 spiro atoms. The average Bonchev–Trinajstić information content (AvgIpc) is 3.03. The van der Waals surface area contributed by atoms with E-state index in [0.29, 0.717) is 0 Å². The van der Waals surface area contributed by atoms with E-state index in [0.717, 1.165) is 34.3 Å². The highest BCUT2D eigenvalue weighted by atomic mass is 16.2. The van der Waals surface area contributed by atoms with Crippen LogP contribution in [0.3, 0.4) is 0 Å². The van der Waals surface area contributed by atoms with Crippen molar-refractivity contribution in [1.82, 2.24) is 4.98 Å². The van der Waals surface area contributed by atoms with Gasteiger partial charge in [0, 0.05) is 33.9 Å². The number of nitrogens with zero attached hydrogens (tertiary/aromatic N) is 1. The number of hydrogen-bond donors (Lipinski definition) is 1. The minimum Gasteiger partial charge on any atom is -0.358 e. The predicted octanol–water partition coefficient (Wildman–Crippen LogP) is 4.38. The highest BCUT2D eigenvalue weighted by molar-refractivity contribution is 6.09. The molecule has 1 aliphatic rings. The molecular weight excluding hydrogens is 284 g/mol. The number of carbonyl (C=O) groups excluding carboxylic acids is 1. The molecule has 1 aliphatic heterocycles. The number of benzene rings is 2. The summed E-state index contributed by atoms with van der Waals surface area (Å²) in [6.45, 7) is 6.27. The number of aromatic nitrogens is 1. The number of fused-ring (bicyclic) bond motifs is 2. The molecule has 3 heteroatoms. The average molecular weight is 304 g/mol. The molecule has 0 bridgehead atoms. The third-order valence-electron chi connectivity index (χ3n) is 4.98.